The normalized spacial score (nSPS) is 14.0. The van der Waals surface area contributed by atoms with Crippen LogP contribution < -0.4 is 14.8 Å². The summed E-state index contributed by atoms with van der Waals surface area (Å²) in [5.74, 6) is -0.169. The Hall–Kier alpha value is -3.09. The Balaban J connectivity index is 1.80. The van der Waals surface area contributed by atoms with E-state index in [9.17, 15) is 14.0 Å². The van der Waals surface area contributed by atoms with E-state index < -0.39 is 17.8 Å². The highest BCUT2D eigenvalue weighted by Gasteiger charge is 2.21. The number of halogens is 1. The van der Waals surface area contributed by atoms with Gasteiger partial charge in [0.25, 0.3) is 5.91 Å². The lowest BCUT2D eigenvalue weighted by molar-refractivity contribution is -0.141. The monoisotopic (exact) mass is 373 g/mol. The van der Waals surface area contributed by atoms with Crippen molar-refractivity contribution >= 4 is 11.9 Å². The van der Waals surface area contributed by atoms with Crippen LogP contribution in [0.25, 0.3) is 0 Å². The highest BCUT2D eigenvalue weighted by atomic mass is 19.1. The summed E-state index contributed by atoms with van der Waals surface area (Å²) in [4.78, 5) is 24.4. The van der Waals surface area contributed by atoms with E-state index in [-0.39, 0.29) is 12.3 Å². The van der Waals surface area contributed by atoms with Crippen LogP contribution in [0.2, 0.25) is 0 Å². The third kappa shape index (κ3) is 4.75. The van der Waals surface area contributed by atoms with Gasteiger partial charge < -0.3 is 19.5 Å². The second kappa shape index (κ2) is 8.53. The molecule has 1 amide bonds. The van der Waals surface area contributed by atoms with Crippen molar-refractivity contribution < 1.29 is 28.2 Å². The molecule has 0 radical (unpaired) electrons. The molecule has 0 saturated heterocycles. The van der Waals surface area contributed by atoms with E-state index in [0.717, 1.165) is 6.42 Å². The molecule has 6 nitrogen and oxygen atoms in total. The summed E-state index contributed by atoms with van der Waals surface area (Å²) in [6.07, 6.45) is 0.695. The van der Waals surface area contributed by atoms with Gasteiger partial charge in [-0.25, -0.2) is 4.39 Å². The fraction of sp³-hybridized carbons (Fsp3) is 0.300. The van der Waals surface area contributed by atoms with Crippen molar-refractivity contribution in [3.8, 4) is 11.5 Å². The molecule has 1 atom stereocenters. The molecule has 1 N–H and O–H groups in total. The number of hydrogen-bond acceptors (Lipinski definition) is 5. The lowest BCUT2D eigenvalue weighted by Gasteiger charge is -2.19. The van der Waals surface area contributed by atoms with Gasteiger partial charge in [-0.2, -0.15) is 0 Å². The fourth-order valence-corrected chi connectivity index (χ4v) is 2.74. The zero-order chi connectivity index (χ0) is 19.2. The zero-order valence-corrected chi connectivity index (χ0v) is 14.9. The zero-order valence-electron chi connectivity index (χ0n) is 14.9. The minimum absolute atomic E-state index is 0.0710. The van der Waals surface area contributed by atoms with Gasteiger partial charge in [-0.05, 0) is 35.9 Å². The van der Waals surface area contributed by atoms with Crippen molar-refractivity contribution in [2.24, 2.45) is 0 Å². The van der Waals surface area contributed by atoms with E-state index in [1.165, 1.54) is 31.4 Å². The molecule has 0 aromatic heterocycles. The van der Waals surface area contributed by atoms with E-state index in [0.29, 0.717) is 35.8 Å². The van der Waals surface area contributed by atoms with Gasteiger partial charge in [0.1, 0.15) is 5.82 Å². The number of rotatable bonds is 5. The smallest absolute Gasteiger partial charge is 0.307 e. The lowest BCUT2D eigenvalue weighted by atomic mass is 10.0. The van der Waals surface area contributed by atoms with Crippen molar-refractivity contribution in [1.82, 2.24) is 5.32 Å². The number of amides is 1. The average Bonchev–Trinajstić information content (AvgIpc) is 2.92. The van der Waals surface area contributed by atoms with Crippen molar-refractivity contribution in [2.75, 3.05) is 20.3 Å². The standard InChI is InChI=1S/C20H20FNO5/c1-25-19(23)12-16(13-3-6-15(21)7-4-13)22-20(24)14-5-8-17-18(11-14)27-10-2-9-26-17/h3-8,11,16H,2,9-10,12H2,1H3,(H,22,24)/t16-/m1/s1. The number of methoxy groups -OCH3 is 1. The van der Waals surface area contributed by atoms with Gasteiger partial charge in [0, 0.05) is 12.0 Å². The molecular weight excluding hydrogens is 353 g/mol. The van der Waals surface area contributed by atoms with Crippen LogP contribution in [0.15, 0.2) is 42.5 Å². The van der Waals surface area contributed by atoms with Crippen molar-refractivity contribution in [1.29, 1.82) is 0 Å². The molecule has 27 heavy (non-hydrogen) atoms. The molecule has 142 valence electrons. The van der Waals surface area contributed by atoms with Gasteiger partial charge in [-0.1, -0.05) is 12.1 Å². The van der Waals surface area contributed by atoms with E-state index in [1.54, 1.807) is 18.2 Å². The van der Waals surface area contributed by atoms with Gasteiger partial charge in [0.15, 0.2) is 11.5 Å². The van der Waals surface area contributed by atoms with Crippen molar-refractivity contribution in [3.63, 3.8) is 0 Å². The molecular formula is C20H20FNO5. The van der Waals surface area contributed by atoms with Gasteiger partial charge in [0.2, 0.25) is 0 Å². The van der Waals surface area contributed by atoms with Gasteiger partial charge in [0.05, 0.1) is 32.8 Å². The maximum absolute atomic E-state index is 13.2. The minimum Gasteiger partial charge on any atom is -0.490 e. The van der Waals surface area contributed by atoms with Gasteiger partial charge in [-0.3, -0.25) is 9.59 Å². The number of benzene rings is 2. The summed E-state index contributed by atoms with van der Waals surface area (Å²) in [5.41, 5.74) is 0.973. The molecule has 7 heteroatoms. The molecule has 1 heterocycles. The Morgan fingerprint density at radius 1 is 1.11 bits per heavy atom. The molecule has 2 aromatic rings. The quantitative estimate of drug-likeness (QED) is 0.816. The van der Waals surface area contributed by atoms with Crippen LogP contribution in [0, 0.1) is 5.82 Å². The second-order valence-electron chi connectivity index (χ2n) is 6.07. The number of carbonyl (C=O) groups excluding carboxylic acids is 2. The molecule has 0 fully saturated rings. The first-order valence-corrected chi connectivity index (χ1v) is 8.59. The number of fused-ring (bicyclic) bond motifs is 1. The Morgan fingerprint density at radius 2 is 1.81 bits per heavy atom. The largest absolute Gasteiger partial charge is 0.490 e. The van der Waals surface area contributed by atoms with Crippen LogP contribution in [0.5, 0.6) is 11.5 Å². The Kier molecular flexibility index (Phi) is 5.90. The van der Waals surface area contributed by atoms with Crippen LogP contribution >= 0.6 is 0 Å². The average molecular weight is 373 g/mol. The Labute approximate surface area is 156 Å². The predicted octanol–water partition coefficient (Wildman–Crippen LogP) is 3.02. The third-order valence-electron chi connectivity index (χ3n) is 4.19. The summed E-state index contributed by atoms with van der Waals surface area (Å²) in [5, 5.41) is 2.80. The first kappa shape index (κ1) is 18.7. The fourth-order valence-electron chi connectivity index (χ4n) is 2.74. The number of carbonyl (C=O) groups is 2. The molecule has 1 aliphatic heterocycles. The predicted molar refractivity (Wildman–Crippen MR) is 95.3 cm³/mol. The first-order chi connectivity index (χ1) is 13.1. The second-order valence-corrected chi connectivity index (χ2v) is 6.07. The van der Waals surface area contributed by atoms with Gasteiger partial charge >= 0.3 is 5.97 Å². The molecule has 3 rings (SSSR count). The molecule has 0 unspecified atom stereocenters. The molecule has 0 aliphatic carbocycles. The number of ether oxygens (including phenoxy) is 3. The minimum atomic E-state index is -0.651. The topological polar surface area (TPSA) is 73.9 Å². The molecule has 0 saturated carbocycles. The molecule has 0 bridgehead atoms. The Morgan fingerprint density at radius 3 is 2.52 bits per heavy atom. The van der Waals surface area contributed by atoms with Crippen LogP contribution in [-0.4, -0.2) is 32.2 Å². The molecule has 0 spiro atoms. The SMILES string of the molecule is COC(=O)C[C@@H](NC(=O)c1ccc2c(c1)OCCCO2)c1ccc(F)cc1. The first-order valence-electron chi connectivity index (χ1n) is 8.59. The van der Waals surface area contributed by atoms with E-state index in [4.69, 9.17) is 14.2 Å². The maximum Gasteiger partial charge on any atom is 0.307 e. The maximum atomic E-state index is 13.2. The Bertz CT molecular complexity index is 822. The third-order valence-corrected chi connectivity index (χ3v) is 4.19. The van der Waals surface area contributed by atoms with E-state index in [2.05, 4.69) is 5.32 Å². The summed E-state index contributed by atoms with van der Waals surface area (Å²) in [6.45, 7) is 1.07. The molecule has 1 aliphatic rings. The van der Waals surface area contributed by atoms with Crippen LogP contribution in [0.4, 0.5) is 4.39 Å². The summed E-state index contributed by atoms with van der Waals surface area (Å²) in [7, 11) is 1.27. The van der Waals surface area contributed by atoms with Crippen LogP contribution in [-0.2, 0) is 9.53 Å². The summed E-state index contributed by atoms with van der Waals surface area (Å²) >= 11 is 0. The van der Waals surface area contributed by atoms with Crippen molar-refractivity contribution in [3.05, 3.63) is 59.4 Å². The lowest BCUT2D eigenvalue weighted by Crippen LogP contribution is -2.30. The van der Waals surface area contributed by atoms with E-state index >= 15 is 0 Å². The van der Waals surface area contributed by atoms with Crippen LogP contribution in [0.3, 0.4) is 0 Å². The number of hydrogen-bond donors (Lipinski definition) is 1. The highest BCUT2D eigenvalue weighted by Crippen LogP contribution is 2.30. The van der Waals surface area contributed by atoms with Crippen LogP contribution in [0.1, 0.15) is 34.8 Å². The number of esters is 1. The number of nitrogens with one attached hydrogen (secondary N) is 1. The molecule has 2 aromatic carbocycles. The highest BCUT2D eigenvalue weighted by molar-refractivity contribution is 5.95. The van der Waals surface area contributed by atoms with E-state index in [1.807, 2.05) is 0 Å². The van der Waals surface area contributed by atoms with Crippen molar-refractivity contribution in [2.45, 2.75) is 18.9 Å². The summed E-state index contributed by atoms with van der Waals surface area (Å²) < 4.78 is 29.1. The van der Waals surface area contributed by atoms with Gasteiger partial charge in [-0.15, -0.1) is 0 Å². The summed E-state index contributed by atoms with van der Waals surface area (Å²) in [6, 6.07) is 9.87.